The minimum Gasteiger partial charge on any atom is -0.350 e. The summed E-state index contributed by atoms with van der Waals surface area (Å²) in [6.07, 6.45) is 3.66. The van der Waals surface area contributed by atoms with Crippen LogP contribution in [0.3, 0.4) is 0 Å². The minimum atomic E-state index is -0.367. The maximum absolute atomic E-state index is 12.4. The van der Waals surface area contributed by atoms with Crippen LogP contribution in [0.1, 0.15) is 16.2 Å². The van der Waals surface area contributed by atoms with Crippen LogP contribution in [0.15, 0.2) is 59.7 Å². The summed E-state index contributed by atoms with van der Waals surface area (Å²) >= 11 is 0. The molecule has 6 heteroatoms. The Morgan fingerprint density at radius 3 is 2.88 bits per heavy atom. The van der Waals surface area contributed by atoms with Crippen LogP contribution in [-0.4, -0.2) is 20.3 Å². The number of anilines is 1. The van der Waals surface area contributed by atoms with Crippen LogP contribution < -0.4 is 10.7 Å². The summed E-state index contributed by atoms with van der Waals surface area (Å²) in [4.78, 5) is 31.9. The highest BCUT2D eigenvalue weighted by Crippen LogP contribution is 2.13. The summed E-state index contributed by atoms with van der Waals surface area (Å²) in [5.41, 5.74) is 3.01. The molecule has 2 N–H and O–H groups in total. The van der Waals surface area contributed by atoms with Gasteiger partial charge >= 0.3 is 0 Å². The zero-order valence-corrected chi connectivity index (χ0v) is 12.9. The van der Waals surface area contributed by atoms with Crippen LogP contribution >= 0.6 is 0 Å². The highest BCUT2D eigenvalue weighted by atomic mass is 16.2. The largest absolute Gasteiger partial charge is 0.350 e. The Labute approximate surface area is 136 Å². The Hall–Kier alpha value is -3.41. The van der Waals surface area contributed by atoms with Crippen molar-refractivity contribution in [3.05, 3.63) is 76.5 Å². The number of aromatic amines is 1. The van der Waals surface area contributed by atoms with Crippen molar-refractivity contribution in [3.8, 4) is 0 Å². The lowest BCUT2D eigenvalue weighted by molar-refractivity contribution is 0.102. The van der Waals surface area contributed by atoms with Gasteiger partial charge < -0.3 is 14.7 Å². The average molecular weight is 318 g/mol. The van der Waals surface area contributed by atoms with Gasteiger partial charge in [0.25, 0.3) is 5.91 Å². The van der Waals surface area contributed by atoms with Gasteiger partial charge in [-0.15, -0.1) is 0 Å². The van der Waals surface area contributed by atoms with Gasteiger partial charge in [0.1, 0.15) is 11.3 Å². The number of nitrogens with one attached hydrogen (secondary N) is 2. The van der Waals surface area contributed by atoms with Gasteiger partial charge in [-0.3, -0.25) is 9.59 Å². The Kier molecular flexibility index (Phi) is 3.16. The number of aromatic nitrogens is 3. The fourth-order valence-electron chi connectivity index (χ4n) is 2.71. The van der Waals surface area contributed by atoms with Gasteiger partial charge in [-0.1, -0.05) is 12.1 Å². The molecule has 3 aromatic heterocycles. The van der Waals surface area contributed by atoms with Gasteiger partial charge in [-0.25, -0.2) is 4.98 Å². The van der Waals surface area contributed by atoms with Crippen LogP contribution in [-0.2, 0) is 0 Å². The Morgan fingerprint density at radius 2 is 2.00 bits per heavy atom. The monoisotopic (exact) mass is 318 g/mol. The number of hydrogen-bond acceptors (Lipinski definition) is 3. The molecule has 0 saturated heterocycles. The van der Waals surface area contributed by atoms with Gasteiger partial charge in [0.05, 0.1) is 11.4 Å². The molecule has 0 aliphatic carbocycles. The van der Waals surface area contributed by atoms with E-state index in [4.69, 9.17) is 0 Å². The molecule has 0 saturated carbocycles. The summed E-state index contributed by atoms with van der Waals surface area (Å²) in [6, 6.07) is 12.0. The molecule has 0 atom stereocenters. The quantitative estimate of drug-likeness (QED) is 0.596. The fourth-order valence-corrected chi connectivity index (χ4v) is 2.71. The standard InChI is InChI=1S/C18H14N4O2/c1-11-9-22-10-12(6-7-17(22)19-11)20-18(24)15-8-16(23)13-4-2-3-5-14(13)21-15/h2-10H,1H3,(H,20,24)(H,21,23). The molecule has 0 bridgehead atoms. The van der Waals surface area contributed by atoms with Gasteiger partial charge in [-0.05, 0) is 31.2 Å². The third-order valence-corrected chi connectivity index (χ3v) is 3.81. The van der Waals surface area contributed by atoms with Crippen LogP contribution in [0.25, 0.3) is 16.6 Å². The third kappa shape index (κ3) is 2.44. The van der Waals surface area contributed by atoms with Crippen molar-refractivity contribution in [2.24, 2.45) is 0 Å². The molecule has 1 amide bonds. The number of fused-ring (bicyclic) bond motifs is 2. The van der Waals surface area contributed by atoms with Crippen molar-refractivity contribution in [3.63, 3.8) is 0 Å². The molecule has 1 aromatic carbocycles. The molecule has 0 aliphatic rings. The van der Waals surface area contributed by atoms with E-state index in [0.717, 1.165) is 11.3 Å². The summed E-state index contributed by atoms with van der Waals surface area (Å²) in [7, 11) is 0. The third-order valence-electron chi connectivity index (χ3n) is 3.81. The van der Waals surface area contributed by atoms with E-state index in [1.165, 1.54) is 6.07 Å². The highest BCUT2D eigenvalue weighted by Gasteiger charge is 2.10. The average Bonchev–Trinajstić information content (AvgIpc) is 2.94. The number of rotatable bonds is 2. The smallest absolute Gasteiger partial charge is 0.272 e. The molecule has 0 aliphatic heterocycles. The molecule has 6 nitrogen and oxygen atoms in total. The van der Waals surface area contributed by atoms with Crippen LogP contribution in [0, 0.1) is 6.92 Å². The molecule has 4 aromatic rings. The Bertz CT molecular complexity index is 1140. The topological polar surface area (TPSA) is 79.3 Å². The minimum absolute atomic E-state index is 0.185. The zero-order valence-electron chi connectivity index (χ0n) is 12.9. The fraction of sp³-hybridized carbons (Fsp3) is 0.0556. The molecule has 0 fully saturated rings. The summed E-state index contributed by atoms with van der Waals surface area (Å²) in [6.45, 7) is 1.91. The number of H-pyrrole nitrogens is 1. The van der Waals surface area contributed by atoms with Gasteiger partial charge in [0.15, 0.2) is 5.43 Å². The van der Waals surface area contributed by atoms with E-state index in [9.17, 15) is 9.59 Å². The first-order chi connectivity index (χ1) is 11.6. The number of nitrogens with zero attached hydrogens (tertiary/aromatic N) is 2. The van der Waals surface area contributed by atoms with E-state index < -0.39 is 0 Å². The number of amides is 1. The summed E-state index contributed by atoms with van der Waals surface area (Å²) in [5.74, 6) is -0.367. The lowest BCUT2D eigenvalue weighted by atomic mass is 10.2. The Morgan fingerprint density at radius 1 is 1.17 bits per heavy atom. The second-order valence-corrected chi connectivity index (χ2v) is 5.61. The molecule has 118 valence electrons. The van der Waals surface area contributed by atoms with Crippen molar-refractivity contribution in [2.45, 2.75) is 6.92 Å². The number of carbonyl (C=O) groups is 1. The first-order valence-electron chi connectivity index (χ1n) is 7.49. The first kappa shape index (κ1) is 14.2. The first-order valence-corrected chi connectivity index (χ1v) is 7.49. The number of aryl methyl sites for hydroxylation is 1. The Balaban J connectivity index is 1.68. The number of para-hydroxylation sites is 1. The van der Waals surface area contributed by atoms with Crippen molar-refractivity contribution in [1.82, 2.24) is 14.4 Å². The van der Waals surface area contributed by atoms with Crippen molar-refractivity contribution in [1.29, 1.82) is 0 Å². The van der Waals surface area contributed by atoms with E-state index in [-0.39, 0.29) is 17.0 Å². The molecule has 0 spiro atoms. The number of imidazole rings is 1. The predicted octanol–water partition coefficient (Wildman–Crippen LogP) is 2.74. The van der Waals surface area contributed by atoms with Gasteiger partial charge in [-0.2, -0.15) is 0 Å². The van der Waals surface area contributed by atoms with E-state index >= 15 is 0 Å². The molecule has 0 radical (unpaired) electrons. The van der Waals surface area contributed by atoms with E-state index in [2.05, 4.69) is 15.3 Å². The number of pyridine rings is 2. The lowest BCUT2D eigenvalue weighted by Crippen LogP contribution is -2.17. The molecule has 4 rings (SSSR count). The van der Waals surface area contributed by atoms with Gasteiger partial charge in [0.2, 0.25) is 0 Å². The van der Waals surface area contributed by atoms with E-state index in [1.54, 1.807) is 30.5 Å². The molecular formula is C18H14N4O2. The normalized spacial score (nSPS) is 11.0. The predicted molar refractivity (Wildman–Crippen MR) is 92.5 cm³/mol. The summed E-state index contributed by atoms with van der Waals surface area (Å²) in [5, 5.41) is 3.35. The second-order valence-electron chi connectivity index (χ2n) is 5.61. The number of carbonyl (C=O) groups excluding carboxylic acids is 1. The van der Waals surface area contributed by atoms with E-state index in [1.807, 2.05) is 29.7 Å². The molecule has 0 unspecified atom stereocenters. The number of hydrogen-bond donors (Lipinski definition) is 2. The second kappa shape index (κ2) is 5.34. The van der Waals surface area contributed by atoms with Crippen molar-refractivity contribution < 1.29 is 4.79 Å². The molecule has 3 heterocycles. The maximum Gasteiger partial charge on any atom is 0.272 e. The lowest BCUT2D eigenvalue weighted by Gasteiger charge is -2.07. The van der Waals surface area contributed by atoms with Gasteiger partial charge in [0, 0.05) is 29.4 Å². The zero-order chi connectivity index (χ0) is 16.7. The van der Waals surface area contributed by atoms with E-state index in [0.29, 0.717) is 16.6 Å². The van der Waals surface area contributed by atoms with Crippen LogP contribution in [0.2, 0.25) is 0 Å². The molecular weight excluding hydrogens is 304 g/mol. The van der Waals surface area contributed by atoms with Crippen LogP contribution in [0.5, 0.6) is 0 Å². The van der Waals surface area contributed by atoms with Crippen LogP contribution in [0.4, 0.5) is 5.69 Å². The molecule has 24 heavy (non-hydrogen) atoms. The maximum atomic E-state index is 12.4. The van der Waals surface area contributed by atoms with Crippen molar-refractivity contribution in [2.75, 3.05) is 5.32 Å². The number of benzene rings is 1. The SMILES string of the molecule is Cc1cn2cc(NC(=O)c3cc(=O)c4ccccc4[nH]3)ccc2n1. The van der Waals surface area contributed by atoms with Crippen molar-refractivity contribution >= 4 is 28.1 Å². The highest BCUT2D eigenvalue weighted by molar-refractivity contribution is 6.04. The summed E-state index contributed by atoms with van der Waals surface area (Å²) < 4.78 is 1.84.